The van der Waals surface area contributed by atoms with E-state index in [0.717, 1.165) is 36.9 Å². The summed E-state index contributed by atoms with van der Waals surface area (Å²) in [5.74, 6) is 1.91. The van der Waals surface area contributed by atoms with Gasteiger partial charge in [-0.05, 0) is 38.5 Å². The van der Waals surface area contributed by atoms with Crippen molar-refractivity contribution in [2.75, 3.05) is 32.5 Å². The van der Waals surface area contributed by atoms with Crippen molar-refractivity contribution >= 4 is 41.7 Å². The highest BCUT2D eigenvalue weighted by molar-refractivity contribution is 14.0. The first-order chi connectivity index (χ1) is 10.9. The third kappa shape index (κ3) is 5.98. The van der Waals surface area contributed by atoms with E-state index in [4.69, 9.17) is 4.74 Å². The molecule has 1 aliphatic heterocycles. The van der Waals surface area contributed by atoms with Crippen LogP contribution < -0.4 is 10.1 Å². The summed E-state index contributed by atoms with van der Waals surface area (Å²) in [5, 5.41) is 3.35. The lowest BCUT2D eigenvalue weighted by atomic mass is 10.2. The van der Waals surface area contributed by atoms with Gasteiger partial charge in [-0.25, -0.2) is 9.38 Å². The van der Waals surface area contributed by atoms with Crippen LogP contribution in [0.1, 0.15) is 26.3 Å². The second-order valence-electron chi connectivity index (χ2n) is 6.17. The molecule has 0 radical (unpaired) electrons. The van der Waals surface area contributed by atoms with Gasteiger partial charge in [0, 0.05) is 30.1 Å². The highest BCUT2D eigenvalue weighted by Crippen LogP contribution is 2.29. The predicted octanol–water partition coefficient (Wildman–Crippen LogP) is 3.75. The smallest absolute Gasteiger partial charge is 0.194 e. The molecule has 0 bridgehead atoms. The normalized spacial score (nSPS) is 17.2. The Balaban J connectivity index is 0.00000288. The van der Waals surface area contributed by atoms with Gasteiger partial charge in [-0.3, -0.25) is 0 Å². The van der Waals surface area contributed by atoms with E-state index in [1.165, 1.54) is 13.2 Å². The molecule has 0 aromatic heterocycles. The molecule has 24 heavy (non-hydrogen) atoms. The maximum Gasteiger partial charge on any atom is 0.194 e. The first kappa shape index (κ1) is 21.3. The zero-order valence-electron chi connectivity index (χ0n) is 14.8. The Morgan fingerprint density at radius 2 is 2.21 bits per heavy atom. The molecule has 136 valence electrons. The Labute approximate surface area is 165 Å². The van der Waals surface area contributed by atoms with Gasteiger partial charge in [0.1, 0.15) is 0 Å². The number of hydrogen-bond donors (Lipinski definition) is 1. The molecule has 1 heterocycles. The van der Waals surface area contributed by atoms with E-state index in [9.17, 15) is 4.39 Å². The van der Waals surface area contributed by atoms with E-state index in [-0.39, 0.29) is 40.3 Å². The average molecular weight is 467 g/mol. The minimum absolute atomic E-state index is 0. The van der Waals surface area contributed by atoms with Crippen molar-refractivity contribution in [1.29, 1.82) is 0 Å². The van der Waals surface area contributed by atoms with Crippen LogP contribution in [0, 0.1) is 5.82 Å². The molecule has 0 saturated carbocycles. The number of methoxy groups -OCH3 is 1. The second-order valence-corrected chi connectivity index (χ2v) is 7.97. The molecule has 1 N–H and O–H groups in total. The zero-order chi connectivity index (χ0) is 16.9. The standard InChI is InChI=1S/C17H26FN3OS.HI/c1-5-19-16(21-8-9-23-17(2,3)12-21)20-11-13-6-7-15(22-4)14(18)10-13;/h6-7,10H,5,8-9,11-12H2,1-4H3,(H,19,20);1H. The van der Waals surface area contributed by atoms with Crippen LogP contribution >= 0.6 is 35.7 Å². The number of guanidine groups is 1. The quantitative estimate of drug-likeness (QED) is 0.416. The molecule has 0 amide bonds. The number of nitrogens with one attached hydrogen (secondary N) is 1. The van der Waals surface area contributed by atoms with Crippen molar-refractivity contribution in [2.45, 2.75) is 32.1 Å². The van der Waals surface area contributed by atoms with Gasteiger partial charge in [0.05, 0.1) is 13.7 Å². The SMILES string of the molecule is CCNC(=NCc1ccc(OC)c(F)c1)N1CCSC(C)(C)C1.I. The van der Waals surface area contributed by atoms with Crippen LogP contribution in [0.25, 0.3) is 0 Å². The van der Waals surface area contributed by atoms with Gasteiger partial charge in [-0.1, -0.05) is 6.07 Å². The van der Waals surface area contributed by atoms with Crippen LogP contribution in [0.3, 0.4) is 0 Å². The van der Waals surface area contributed by atoms with Gasteiger partial charge in [0.15, 0.2) is 17.5 Å². The lowest BCUT2D eigenvalue weighted by Crippen LogP contribution is -2.50. The lowest BCUT2D eigenvalue weighted by Gasteiger charge is -2.39. The summed E-state index contributed by atoms with van der Waals surface area (Å²) >= 11 is 1.99. The molecule has 0 atom stereocenters. The van der Waals surface area contributed by atoms with Crippen LogP contribution in [-0.4, -0.2) is 48.1 Å². The van der Waals surface area contributed by atoms with Crippen LogP contribution in [0.15, 0.2) is 23.2 Å². The van der Waals surface area contributed by atoms with Crippen molar-refractivity contribution < 1.29 is 9.13 Å². The maximum absolute atomic E-state index is 13.8. The van der Waals surface area contributed by atoms with Crippen molar-refractivity contribution in [3.63, 3.8) is 0 Å². The minimum Gasteiger partial charge on any atom is -0.494 e. The molecular formula is C17H27FIN3OS. The number of rotatable bonds is 4. The number of halogens is 2. The summed E-state index contributed by atoms with van der Waals surface area (Å²) in [4.78, 5) is 6.98. The van der Waals surface area contributed by atoms with Gasteiger partial charge in [0.25, 0.3) is 0 Å². The molecule has 0 unspecified atom stereocenters. The second kappa shape index (κ2) is 9.70. The van der Waals surface area contributed by atoms with E-state index < -0.39 is 0 Å². The summed E-state index contributed by atoms with van der Waals surface area (Å²) in [5.41, 5.74) is 0.837. The van der Waals surface area contributed by atoms with E-state index in [1.54, 1.807) is 6.07 Å². The van der Waals surface area contributed by atoms with Crippen molar-refractivity contribution in [1.82, 2.24) is 10.2 Å². The summed E-state index contributed by atoms with van der Waals surface area (Å²) in [6, 6.07) is 4.99. The van der Waals surface area contributed by atoms with E-state index >= 15 is 0 Å². The van der Waals surface area contributed by atoms with Crippen LogP contribution in [0.2, 0.25) is 0 Å². The largest absolute Gasteiger partial charge is 0.494 e. The van der Waals surface area contributed by atoms with E-state index in [2.05, 4.69) is 36.0 Å². The molecule has 0 aliphatic carbocycles. The first-order valence-corrected chi connectivity index (χ1v) is 8.93. The molecule has 4 nitrogen and oxygen atoms in total. The van der Waals surface area contributed by atoms with Crippen molar-refractivity contribution in [3.05, 3.63) is 29.6 Å². The van der Waals surface area contributed by atoms with Crippen LogP contribution in [0.5, 0.6) is 5.75 Å². The highest BCUT2D eigenvalue weighted by atomic mass is 127. The highest BCUT2D eigenvalue weighted by Gasteiger charge is 2.28. The molecule has 1 aromatic carbocycles. The van der Waals surface area contributed by atoms with Crippen molar-refractivity contribution in [2.24, 2.45) is 4.99 Å². The molecule has 7 heteroatoms. The topological polar surface area (TPSA) is 36.9 Å². The van der Waals surface area contributed by atoms with Gasteiger partial charge in [-0.2, -0.15) is 11.8 Å². The monoisotopic (exact) mass is 467 g/mol. The number of benzene rings is 1. The molecule has 1 saturated heterocycles. The number of thioether (sulfide) groups is 1. The fraction of sp³-hybridized carbons (Fsp3) is 0.588. The summed E-state index contributed by atoms with van der Waals surface area (Å²) in [6.45, 7) is 9.79. The molecule has 1 aromatic rings. The number of ether oxygens (including phenoxy) is 1. The molecular weight excluding hydrogens is 440 g/mol. The molecule has 1 fully saturated rings. The number of aliphatic imine (C=N–C) groups is 1. The predicted molar refractivity (Wildman–Crippen MR) is 111 cm³/mol. The van der Waals surface area contributed by atoms with E-state index in [1.807, 2.05) is 17.8 Å². The third-order valence-corrected chi connectivity index (χ3v) is 4.98. The molecule has 1 aliphatic rings. The summed E-state index contributed by atoms with van der Waals surface area (Å²) in [6.07, 6.45) is 0. The Bertz CT molecular complexity index is 569. The first-order valence-electron chi connectivity index (χ1n) is 7.95. The fourth-order valence-electron chi connectivity index (χ4n) is 2.60. The number of nitrogens with zero attached hydrogens (tertiary/aromatic N) is 2. The minimum atomic E-state index is -0.347. The summed E-state index contributed by atoms with van der Waals surface area (Å²) in [7, 11) is 1.47. The molecule has 2 rings (SSSR count). The Morgan fingerprint density at radius 1 is 1.46 bits per heavy atom. The number of hydrogen-bond acceptors (Lipinski definition) is 3. The van der Waals surface area contributed by atoms with Crippen molar-refractivity contribution in [3.8, 4) is 5.75 Å². The van der Waals surface area contributed by atoms with Crippen LogP contribution in [0.4, 0.5) is 4.39 Å². The Kier molecular flexibility index (Phi) is 8.62. The average Bonchev–Trinajstić information content (AvgIpc) is 2.50. The third-order valence-electron chi connectivity index (χ3n) is 3.69. The zero-order valence-corrected chi connectivity index (χ0v) is 17.9. The van der Waals surface area contributed by atoms with Gasteiger partial charge >= 0.3 is 0 Å². The van der Waals surface area contributed by atoms with Gasteiger partial charge in [-0.15, -0.1) is 24.0 Å². The fourth-order valence-corrected chi connectivity index (χ4v) is 3.71. The lowest BCUT2D eigenvalue weighted by molar-refractivity contribution is 0.375. The maximum atomic E-state index is 13.8. The van der Waals surface area contributed by atoms with E-state index in [0.29, 0.717) is 6.54 Å². The molecule has 0 spiro atoms. The Hall–Kier alpha value is -0.700. The van der Waals surface area contributed by atoms with Gasteiger partial charge in [0.2, 0.25) is 0 Å². The van der Waals surface area contributed by atoms with Crippen LogP contribution in [-0.2, 0) is 6.54 Å². The van der Waals surface area contributed by atoms with Gasteiger partial charge < -0.3 is 15.0 Å². The summed E-state index contributed by atoms with van der Waals surface area (Å²) < 4.78 is 18.9. The Morgan fingerprint density at radius 3 is 2.79 bits per heavy atom.